The quantitative estimate of drug-likeness (QED) is 0.725. The Morgan fingerprint density at radius 2 is 1.60 bits per heavy atom. The van der Waals surface area contributed by atoms with Crippen LogP contribution in [0.15, 0.2) is 0 Å². The zero-order chi connectivity index (χ0) is 12.0. The average Bonchev–Trinajstić information content (AvgIpc) is 2.12. The van der Waals surface area contributed by atoms with Crippen LogP contribution in [-0.2, 0) is 0 Å². The molecule has 1 N–H and O–H groups in total. The van der Waals surface area contributed by atoms with E-state index in [1.54, 1.807) is 0 Å². The summed E-state index contributed by atoms with van der Waals surface area (Å²) < 4.78 is 0. The van der Waals surface area contributed by atoms with Crippen molar-refractivity contribution < 1.29 is 5.11 Å². The largest absolute Gasteiger partial charge is 0.392 e. The Bertz CT molecular complexity index is 154. The molecule has 0 saturated carbocycles. The fraction of sp³-hybridized carbons (Fsp3) is 1.00. The maximum atomic E-state index is 9.86. The molecule has 15 heavy (non-hydrogen) atoms. The molecule has 0 fully saturated rings. The van der Waals surface area contributed by atoms with Gasteiger partial charge in [-0.1, -0.05) is 29.3 Å². The first-order chi connectivity index (χ1) is 6.90. The number of hydrogen-bond donors (Lipinski definition) is 1. The lowest BCUT2D eigenvalue weighted by Crippen LogP contribution is -2.43. The topological polar surface area (TPSA) is 23.5 Å². The molecule has 0 aromatic rings. The fourth-order valence-corrected chi connectivity index (χ4v) is 2.42. The van der Waals surface area contributed by atoms with E-state index in [2.05, 4.69) is 55.4 Å². The van der Waals surface area contributed by atoms with Crippen molar-refractivity contribution in [2.45, 2.75) is 70.5 Å². The third-order valence-corrected chi connectivity index (χ3v) is 3.61. The first-order valence-electron chi connectivity index (χ1n) is 5.98. The van der Waals surface area contributed by atoms with E-state index in [0.29, 0.717) is 12.1 Å². The molecule has 0 aromatic carbocycles. The fourth-order valence-electron chi connectivity index (χ4n) is 1.82. The Labute approximate surface area is 103 Å². The van der Waals surface area contributed by atoms with Crippen molar-refractivity contribution >= 4 is 15.9 Å². The molecule has 0 spiro atoms. The van der Waals surface area contributed by atoms with Crippen molar-refractivity contribution in [3.63, 3.8) is 0 Å². The molecule has 0 aliphatic carbocycles. The van der Waals surface area contributed by atoms with Crippen LogP contribution in [0.5, 0.6) is 0 Å². The highest BCUT2D eigenvalue weighted by Gasteiger charge is 2.21. The van der Waals surface area contributed by atoms with Gasteiger partial charge < -0.3 is 5.11 Å². The molecule has 0 rings (SSSR count). The molecule has 3 heteroatoms. The minimum atomic E-state index is -0.227. The normalized spacial score (nSPS) is 16.4. The minimum Gasteiger partial charge on any atom is -0.392 e. The van der Waals surface area contributed by atoms with Crippen molar-refractivity contribution in [3.05, 3.63) is 0 Å². The molecule has 92 valence electrons. The summed E-state index contributed by atoms with van der Waals surface area (Å²) in [5.74, 6) is 0. The molecule has 2 nitrogen and oxygen atoms in total. The molecule has 0 aliphatic heterocycles. The molecule has 0 aliphatic rings. The van der Waals surface area contributed by atoms with Gasteiger partial charge in [0.25, 0.3) is 0 Å². The van der Waals surface area contributed by atoms with Gasteiger partial charge in [0, 0.05) is 18.6 Å². The van der Waals surface area contributed by atoms with Crippen LogP contribution in [0, 0.1) is 0 Å². The maximum Gasteiger partial charge on any atom is 0.0677 e. The van der Waals surface area contributed by atoms with Crippen LogP contribution in [-0.4, -0.2) is 39.6 Å². The Kier molecular flexibility index (Phi) is 7.84. The predicted octanol–water partition coefficient (Wildman–Crippen LogP) is 3.03. The monoisotopic (exact) mass is 279 g/mol. The van der Waals surface area contributed by atoms with Gasteiger partial charge in [-0.25, -0.2) is 0 Å². The predicted molar refractivity (Wildman–Crippen MR) is 70.6 cm³/mol. The zero-order valence-electron chi connectivity index (χ0n) is 10.7. The highest BCUT2D eigenvalue weighted by molar-refractivity contribution is 9.09. The van der Waals surface area contributed by atoms with Crippen molar-refractivity contribution in [1.29, 1.82) is 0 Å². The van der Waals surface area contributed by atoms with Crippen LogP contribution in [0.2, 0.25) is 0 Å². The second-order valence-corrected chi connectivity index (χ2v) is 5.93. The maximum absolute atomic E-state index is 9.86. The molecular formula is C12H26BrNO. The third kappa shape index (κ3) is 5.88. The number of alkyl halides is 1. The highest BCUT2D eigenvalue weighted by atomic mass is 79.9. The van der Waals surface area contributed by atoms with Crippen LogP contribution in [0.1, 0.15) is 47.5 Å². The smallest absolute Gasteiger partial charge is 0.0677 e. The van der Waals surface area contributed by atoms with Gasteiger partial charge in [-0.2, -0.15) is 0 Å². The summed E-state index contributed by atoms with van der Waals surface area (Å²) in [4.78, 5) is 2.58. The Morgan fingerprint density at radius 3 is 1.93 bits per heavy atom. The summed E-state index contributed by atoms with van der Waals surface area (Å²) in [5, 5.41) is 9.86. The number of aliphatic hydroxyl groups excluding tert-OH is 1. The van der Waals surface area contributed by atoms with Crippen molar-refractivity contribution in [1.82, 2.24) is 4.90 Å². The van der Waals surface area contributed by atoms with Crippen LogP contribution >= 0.6 is 15.9 Å². The van der Waals surface area contributed by atoms with Crippen LogP contribution in [0.3, 0.4) is 0 Å². The minimum absolute atomic E-state index is 0.183. The molecule has 0 radical (unpaired) electrons. The summed E-state index contributed by atoms with van der Waals surface area (Å²) in [6, 6.07) is 1.05. The second-order valence-electron chi connectivity index (χ2n) is 4.76. The SMILES string of the molecule is CCC[C@@H](O)[C@@H](Br)CN(C(C)C)C(C)C. The van der Waals surface area contributed by atoms with Gasteiger partial charge in [0.15, 0.2) is 0 Å². The van der Waals surface area contributed by atoms with E-state index in [1.165, 1.54) is 0 Å². The highest BCUT2D eigenvalue weighted by Crippen LogP contribution is 2.16. The van der Waals surface area contributed by atoms with Gasteiger partial charge in [-0.15, -0.1) is 0 Å². The lowest BCUT2D eigenvalue weighted by molar-refractivity contribution is 0.115. The molecule has 0 bridgehead atoms. The van der Waals surface area contributed by atoms with Gasteiger partial charge in [-0.05, 0) is 34.1 Å². The first-order valence-corrected chi connectivity index (χ1v) is 6.89. The Balaban J connectivity index is 4.16. The van der Waals surface area contributed by atoms with Gasteiger partial charge in [0.05, 0.1) is 10.9 Å². The van der Waals surface area contributed by atoms with E-state index in [1.807, 2.05) is 0 Å². The number of rotatable bonds is 7. The zero-order valence-corrected chi connectivity index (χ0v) is 12.3. The summed E-state index contributed by atoms with van der Waals surface area (Å²) in [6.07, 6.45) is 1.68. The summed E-state index contributed by atoms with van der Waals surface area (Å²) in [5.41, 5.74) is 0. The van der Waals surface area contributed by atoms with E-state index >= 15 is 0 Å². The molecular weight excluding hydrogens is 254 g/mol. The van der Waals surface area contributed by atoms with Crippen LogP contribution < -0.4 is 0 Å². The molecule has 0 aromatic heterocycles. The third-order valence-electron chi connectivity index (χ3n) is 2.71. The standard InChI is InChI=1S/C12H26BrNO/c1-6-7-12(15)11(13)8-14(9(2)3)10(4)5/h9-12,15H,6-8H2,1-5H3/t11-,12+/m0/s1. The van der Waals surface area contributed by atoms with E-state index in [-0.39, 0.29) is 10.9 Å². The van der Waals surface area contributed by atoms with E-state index < -0.39 is 0 Å². The van der Waals surface area contributed by atoms with Crippen molar-refractivity contribution in [2.24, 2.45) is 0 Å². The van der Waals surface area contributed by atoms with Crippen molar-refractivity contribution in [3.8, 4) is 0 Å². The Hall–Kier alpha value is 0.400. The van der Waals surface area contributed by atoms with Crippen LogP contribution in [0.4, 0.5) is 0 Å². The molecule has 0 saturated heterocycles. The van der Waals surface area contributed by atoms with E-state index in [0.717, 1.165) is 19.4 Å². The number of hydrogen-bond acceptors (Lipinski definition) is 2. The lowest BCUT2D eigenvalue weighted by Gasteiger charge is -2.33. The van der Waals surface area contributed by atoms with Gasteiger partial charge in [0.1, 0.15) is 0 Å². The second kappa shape index (κ2) is 7.64. The van der Waals surface area contributed by atoms with Gasteiger partial charge in [-0.3, -0.25) is 4.90 Å². The number of aliphatic hydroxyl groups is 1. The molecule has 0 heterocycles. The summed E-state index contributed by atoms with van der Waals surface area (Å²) in [6.45, 7) is 11.8. The summed E-state index contributed by atoms with van der Waals surface area (Å²) in [7, 11) is 0. The van der Waals surface area contributed by atoms with Gasteiger partial charge in [0.2, 0.25) is 0 Å². The Morgan fingerprint density at radius 1 is 1.13 bits per heavy atom. The van der Waals surface area contributed by atoms with E-state index in [4.69, 9.17) is 0 Å². The number of nitrogens with zero attached hydrogens (tertiary/aromatic N) is 1. The lowest BCUT2D eigenvalue weighted by atomic mass is 10.1. The molecule has 0 unspecified atom stereocenters. The molecule has 2 atom stereocenters. The average molecular weight is 280 g/mol. The number of halogens is 1. The summed E-state index contributed by atoms with van der Waals surface area (Å²) >= 11 is 3.59. The van der Waals surface area contributed by atoms with Gasteiger partial charge >= 0.3 is 0 Å². The molecule has 0 amide bonds. The van der Waals surface area contributed by atoms with Crippen molar-refractivity contribution in [2.75, 3.05) is 6.54 Å². The first kappa shape index (κ1) is 15.4. The van der Waals surface area contributed by atoms with E-state index in [9.17, 15) is 5.11 Å². The van der Waals surface area contributed by atoms with Crippen LogP contribution in [0.25, 0.3) is 0 Å².